The highest BCUT2D eigenvalue weighted by molar-refractivity contribution is 5.80. The second-order valence-electron chi connectivity index (χ2n) is 9.04. The number of aryl methyl sites for hydroxylation is 3. The van der Waals surface area contributed by atoms with Crippen molar-refractivity contribution < 1.29 is 9.32 Å². The van der Waals surface area contributed by atoms with E-state index < -0.39 is 0 Å². The Kier molecular flexibility index (Phi) is 5.83. The van der Waals surface area contributed by atoms with E-state index in [1.165, 1.54) is 5.56 Å². The van der Waals surface area contributed by atoms with Crippen molar-refractivity contribution in [2.75, 3.05) is 18.0 Å². The van der Waals surface area contributed by atoms with Crippen LogP contribution >= 0.6 is 0 Å². The Bertz CT molecular complexity index is 1140. The maximum atomic E-state index is 13.3. The maximum absolute atomic E-state index is 13.3. The minimum Gasteiger partial charge on any atom is -0.361 e. The molecular weight excluding hydrogens is 416 g/mol. The number of anilines is 1. The molecule has 0 aliphatic carbocycles. The van der Waals surface area contributed by atoms with E-state index in [1.54, 1.807) is 0 Å². The monoisotopic (exact) mass is 446 g/mol. The highest BCUT2D eigenvalue weighted by Crippen LogP contribution is 2.35. The van der Waals surface area contributed by atoms with Gasteiger partial charge in [0.2, 0.25) is 5.91 Å². The van der Waals surface area contributed by atoms with Gasteiger partial charge in [0, 0.05) is 36.1 Å². The number of amides is 1. The van der Waals surface area contributed by atoms with Crippen molar-refractivity contribution in [3.63, 3.8) is 0 Å². The second-order valence-corrected chi connectivity index (χ2v) is 9.04. The van der Waals surface area contributed by atoms with E-state index in [2.05, 4.69) is 28.0 Å². The van der Waals surface area contributed by atoms with Crippen molar-refractivity contribution >= 4 is 11.7 Å². The van der Waals surface area contributed by atoms with Gasteiger partial charge >= 0.3 is 0 Å². The third-order valence-corrected chi connectivity index (χ3v) is 6.82. The van der Waals surface area contributed by atoms with Gasteiger partial charge in [-0.15, -0.1) is 0 Å². The van der Waals surface area contributed by atoms with Gasteiger partial charge in [0.15, 0.2) is 5.82 Å². The average molecular weight is 447 g/mol. The second kappa shape index (κ2) is 8.92. The zero-order valence-corrected chi connectivity index (χ0v) is 19.5. The summed E-state index contributed by atoms with van der Waals surface area (Å²) in [6.07, 6.45) is 6.03. The van der Waals surface area contributed by atoms with Crippen LogP contribution in [-0.4, -0.2) is 44.0 Å². The Morgan fingerprint density at radius 3 is 2.76 bits per heavy atom. The van der Waals surface area contributed by atoms with Gasteiger partial charge in [-0.2, -0.15) is 0 Å². The van der Waals surface area contributed by atoms with Crippen molar-refractivity contribution in [2.45, 2.75) is 65.5 Å². The molecule has 1 saturated heterocycles. The van der Waals surface area contributed by atoms with Crippen LogP contribution in [0.5, 0.6) is 0 Å². The average Bonchev–Trinajstić information content (AvgIpc) is 3.43. The summed E-state index contributed by atoms with van der Waals surface area (Å²) in [6, 6.07) is 5.91. The van der Waals surface area contributed by atoms with Crippen LogP contribution in [0.2, 0.25) is 0 Å². The molecule has 0 saturated carbocycles. The lowest BCUT2D eigenvalue weighted by molar-refractivity contribution is -0.131. The molecule has 0 spiro atoms. The highest BCUT2D eigenvalue weighted by Gasteiger charge is 2.34. The summed E-state index contributed by atoms with van der Waals surface area (Å²) in [6.45, 7) is 8.20. The summed E-state index contributed by atoms with van der Waals surface area (Å²) in [5.41, 5.74) is 4.93. The Morgan fingerprint density at radius 2 is 2.00 bits per heavy atom. The Hall–Kier alpha value is -3.29. The molecule has 1 unspecified atom stereocenters. The zero-order chi connectivity index (χ0) is 22.9. The fraction of sp³-hybridized carbons (Fsp3) is 0.480. The quantitative estimate of drug-likeness (QED) is 0.591. The Labute approximate surface area is 194 Å². The van der Waals surface area contributed by atoms with Gasteiger partial charge in [-0.1, -0.05) is 11.2 Å². The molecule has 0 N–H and O–H groups in total. The van der Waals surface area contributed by atoms with Gasteiger partial charge in [0.1, 0.15) is 11.6 Å². The molecule has 1 atom stereocenters. The molecule has 3 aromatic rings. The predicted octanol–water partition coefficient (Wildman–Crippen LogP) is 3.64. The first-order valence-electron chi connectivity index (χ1n) is 11.7. The molecule has 0 radical (unpaired) electrons. The van der Waals surface area contributed by atoms with Crippen LogP contribution in [-0.2, 0) is 24.2 Å². The topological polar surface area (TPSA) is 88.2 Å². The molecule has 33 heavy (non-hydrogen) atoms. The third-order valence-electron chi connectivity index (χ3n) is 6.82. The molecule has 2 aliphatic heterocycles. The fourth-order valence-electron chi connectivity index (χ4n) is 5.04. The van der Waals surface area contributed by atoms with Gasteiger partial charge in [-0.3, -0.25) is 9.78 Å². The molecule has 1 fully saturated rings. The number of hydrogen-bond acceptors (Lipinski definition) is 7. The lowest BCUT2D eigenvalue weighted by Crippen LogP contribution is -2.35. The number of carbonyl (C=O) groups is 1. The number of nitrogens with zero attached hydrogens (tertiary/aromatic N) is 6. The van der Waals surface area contributed by atoms with Crippen LogP contribution in [0.1, 0.15) is 65.1 Å². The van der Waals surface area contributed by atoms with Crippen molar-refractivity contribution in [3.05, 3.63) is 64.2 Å². The van der Waals surface area contributed by atoms with Crippen molar-refractivity contribution in [1.82, 2.24) is 25.0 Å². The summed E-state index contributed by atoms with van der Waals surface area (Å²) in [5, 5.41) is 3.99. The fourth-order valence-corrected chi connectivity index (χ4v) is 5.04. The highest BCUT2D eigenvalue weighted by atomic mass is 16.5. The minimum atomic E-state index is -0.0967. The van der Waals surface area contributed by atoms with E-state index in [4.69, 9.17) is 14.5 Å². The number of fused-ring (bicyclic) bond motifs is 1. The largest absolute Gasteiger partial charge is 0.361 e. The van der Waals surface area contributed by atoms with Gasteiger partial charge < -0.3 is 14.3 Å². The van der Waals surface area contributed by atoms with Crippen LogP contribution in [0.15, 0.2) is 28.9 Å². The maximum Gasteiger partial charge on any atom is 0.227 e. The zero-order valence-electron chi connectivity index (χ0n) is 19.5. The molecule has 0 bridgehead atoms. The standard InChI is InChI=1S/C25H30N6O2/c1-16-20-9-6-12-30(15-19-8-4-5-11-26-19)25(20)28-24(27-16)22-10-7-13-31(22)23(32)14-21-17(2)29-33-18(21)3/h4-5,8,11,22H,6-7,9-10,12-15H2,1-3H3. The molecule has 3 aromatic heterocycles. The van der Waals surface area contributed by atoms with Crippen LogP contribution in [0, 0.1) is 20.8 Å². The molecule has 0 aromatic carbocycles. The predicted molar refractivity (Wildman–Crippen MR) is 124 cm³/mol. The van der Waals surface area contributed by atoms with E-state index in [9.17, 15) is 4.79 Å². The van der Waals surface area contributed by atoms with E-state index in [0.717, 1.165) is 79.6 Å². The Balaban J connectivity index is 1.42. The van der Waals surface area contributed by atoms with Crippen molar-refractivity contribution in [2.24, 2.45) is 0 Å². The molecule has 5 rings (SSSR count). The van der Waals surface area contributed by atoms with Gasteiger partial charge in [-0.05, 0) is 58.6 Å². The first kappa shape index (κ1) is 21.6. The van der Waals surface area contributed by atoms with Crippen molar-refractivity contribution in [1.29, 1.82) is 0 Å². The van der Waals surface area contributed by atoms with Crippen LogP contribution < -0.4 is 4.90 Å². The van der Waals surface area contributed by atoms with E-state index in [-0.39, 0.29) is 11.9 Å². The number of likely N-dealkylation sites (tertiary alicyclic amines) is 1. The first-order chi connectivity index (χ1) is 16.0. The number of rotatable bonds is 5. The number of aromatic nitrogens is 4. The van der Waals surface area contributed by atoms with Crippen molar-refractivity contribution in [3.8, 4) is 0 Å². The molecule has 8 heteroatoms. The molecule has 172 valence electrons. The SMILES string of the molecule is Cc1nc(C2CCCN2C(=O)Cc2c(C)noc2C)nc2c1CCCN2Cc1ccccn1. The number of pyridine rings is 1. The lowest BCUT2D eigenvalue weighted by Gasteiger charge is -2.32. The van der Waals surface area contributed by atoms with Gasteiger partial charge in [-0.25, -0.2) is 9.97 Å². The number of hydrogen-bond donors (Lipinski definition) is 0. The molecule has 1 amide bonds. The van der Waals surface area contributed by atoms with E-state index in [0.29, 0.717) is 12.2 Å². The summed E-state index contributed by atoms with van der Waals surface area (Å²) >= 11 is 0. The van der Waals surface area contributed by atoms with E-state index in [1.807, 2.05) is 37.1 Å². The normalized spacial score (nSPS) is 18.0. The molecule has 2 aliphatic rings. The summed E-state index contributed by atoms with van der Waals surface area (Å²) in [4.78, 5) is 32.0. The van der Waals surface area contributed by atoms with Gasteiger partial charge in [0.25, 0.3) is 0 Å². The van der Waals surface area contributed by atoms with Gasteiger partial charge in [0.05, 0.1) is 30.4 Å². The molecular formula is C25H30N6O2. The van der Waals surface area contributed by atoms with Crippen LogP contribution in [0.25, 0.3) is 0 Å². The smallest absolute Gasteiger partial charge is 0.227 e. The minimum absolute atomic E-state index is 0.0798. The summed E-state index contributed by atoms with van der Waals surface area (Å²) < 4.78 is 5.25. The number of carbonyl (C=O) groups excluding carboxylic acids is 1. The summed E-state index contributed by atoms with van der Waals surface area (Å²) in [5.74, 6) is 2.54. The lowest BCUT2D eigenvalue weighted by atomic mass is 10.0. The summed E-state index contributed by atoms with van der Waals surface area (Å²) in [7, 11) is 0. The van der Waals surface area contributed by atoms with Crippen LogP contribution in [0.4, 0.5) is 5.82 Å². The molecule has 8 nitrogen and oxygen atoms in total. The first-order valence-corrected chi connectivity index (χ1v) is 11.7. The third kappa shape index (κ3) is 4.21. The van der Waals surface area contributed by atoms with Crippen LogP contribution in [0.3, 0.4) is 0 Å². The van der Waals surface area contributed by atoms with E-state index >= 15 is 0 Å². The Morgan fingerprint density at radius 1 is 1.12 bits per heavy atom. The molecule has 5 heterocycles.